The van der Waals surface area contributed by atoms with Gasteiger partial charge in [0.1, 0.15) is 0 Å². The quantitative estimate of drug-likeness (QED) is 0.711. The van der Waals surface area contributed by atoms with E-state index in [1.807, 2.05) is 0 Å². The molecule has 1 atom stereocenters. The second-order valence-electron chi connectivity index (χ2n) is 6.63. The third kappa shape index (κ3) is 5.11. The number of hydrogen-bond acceptors (Lipinski definition) is 3. The van der Waals surface area contributed by atoms with Crippen LogP contribution in [0, 0.1) is 11.8 Å². The molecule has 1 aliphatic carbocycles. The zero-order valence-electron chi connectivity index (χ0n) is 13.8. The minimum atomic E-state index is 0.633. The Labute approximate surface area is 129 Å². The molecule has 0 spiro atoms. The van der Waals surface area contributed by atoms with Crippen molar-refractivity contribution in [3.8, 4) is 0 Å². The van der Waals surface area contributed by atoms with Gasteiger partial charge in [0, 0.05) is 19.9 Å². The van der Waals surface area contributed by atoms with Crippen molar-refractivity contribution in [1.29, 1.82) is 0 Å². The molecule has 1 fully saturated rings. The van der Waals surface area contributed by atoms with Crippen molar-refractivity contribution in [2.75, 3.05) is 26.8 Å². The first-order valence-corrected chi connectivity index (χ1v) is 8.44. The molecule has 21 heavy (non-hydrogen) atoms. The van der Waals surface area contributed by atoms with E-state index in [9.17, 15) is 0 Å². The standard InChI is InChI=1S/C17H31N3O/c1-14(2)15(13-18-9-11-21-3)12-16-8-10-20(19-16)17-6-4-5-7-17/h8,10,14-15,17-18H,4-7,9,11-13H2,1-3H3. The minimum absolute atomic E-state index is 0.633. The highest BCUT2D eigenvalue weighted by molar-refractivity contribution is 5.02. The molecule has 1 saturated carbocycles. The van der Waals surface area contributed by atoms with Gasteiger partial charge in [0.05, 0.1) is 18.3 Å². The summed E-state index contributed by atoms with van der Waals surface area (Å²) in [4.78, 5) is 0. The molecule has 2 rings (SSSR count). The van der Waals surface area contributed by atoms with E-state index in [1.165, 1.54) is 31.4 Å². The molecule has 120 valence electrons. The summed E-state index contributed by atoms with van der Waals surface area (Å²) >= 11 is 0. The smallest absolute Gasteiger partial charge is 0.0628 e. The van der Waals surface area contributed by atoms with Crippen molar-refractivity contribution in [2.24, 2.45) is 11.8 Å². The lowest BCUT2D eigenvalue weighted by molar-refractivity contribution is 0.196. The van der Waals surface area contributed by atoms with Crippen LogP contribution in [0.3, 0.4) is 0 Å². The third-order valence-corrected chi connectivity index (χ3v) is 4.67. The first-order chi connectivity index (χ1) is 10.2. The van der Waals surface area contributed by atoms with Crippen LogP contribution in [0.25, 0.3) is 0 Å². The number of rotatable bonds is 9. The molecule has 0 aromatic carbocycles. The van der Waals surface area contributed by atoms with Crippen molar-refractivity contribution in [3.63, 3.8) is 0 Å². The van der Waals surface area contributed by atoms with Gasteiger partial charge in [0.25, 0.3) is 0 Å². The molecule has 4 nitrogen and oxygen atoms in total. The highest BCUT2D eigenvalue weighted by Gasteiger charge is 2.19. The SMILES string of the molecule is COCCNCC(Cc1ccn(C2CCCC2)n1)C(C)C. The van der Waals surface area contributed by atoms with Gasteiger partial charge in [0.2, 0.25) is 0 Å². The Morgan fingerprint density at radius 1 is 1.38 bits per heavy atom. The topological polar surface area (TPSA) is 39.1 Å². The number of nitrogens with zero attached hydrogens (tertiary/aromatic N) is 2. The van der Waals surface area contributed by atoms with Gasteiger partial charge in [-0.25, -0.2) is 0 Å². The molecule has 0 radical (unpaired) electrons. The Morgan fingerprint density at radius 2 is 2.14 bits per heavy atom. The van der Waals surface area contributed by atoms with Crippen LogP contribution in [0.5, 0.6) is 0 Å². The molecule has 1 heterocycles. The minimum Gasteiger partial charge on any atom is -0.383 e. The van der Waals surface area contributed by atoms with Gasteiger partial charge in [-0.05, 0) is 43.7 Å². The number of ether oxygens (including phenoxy) is 1. The van der Waals surface area contributed by atoms with E-state index in [0.29, 0.717) is 17.9 Å². The van der Waals surface area contributed by atoms with Crippen molar-refractivity contribution in [1.82, 2.24) is 15.1 Å². The van der Waals surface area contributed by atoms with Crippen molar-refractivity contribution in [3.05, 3.63) is 18.0 Å². The summed E-state index contributed by atoms with van der Waals surface area (Å²) in [5.41, 5.74) is 1.24. The van der Waals surface area contributed by atoms with Crippen LogP contribution in [0.1, 0.15) is 51.3 Å². The molecule has 4 heteroatoms. The van der Waals surface area contributed by atoms with E-state index in [4.69, 9.17) is 9.84 Å². The molecule has 1 aromatic rings. The molecule has 1 aliphatic rings. The first-order valence-electron chi connectivity index (χ1n) is 8.44. The van der Waals surface area contributed by atoms with E-state index >= 15 is 0 Å². The summed E-state index contributed by atoms with van der Waals surface area (Å²) < 4.78 is 7.29. The molecule has 0 amide bonds. The maximum absolute atomic E-state index is 5.08. The van der Waals surface area contributed by atoms with E-state index in [-0.39, 0.29) is 0 Å². The van der Waals surface area contributed by atoms with Crippen LogP contribution in [0.15, 0.2) is 12.3 Å². The number of aromatic nitrogens is 2. The van der Waals surface area contributed by atoms with Crippen molar-refractivity contribution in [2.45, 2.75) is 52.0 Å². The average molecular weight is 293 g/mol. The molecule has 1 aromatic heterocycles. The second kappa shape index (κ2) is 8.54. The van der Waals surface area contributed by atoms with Crippen LogP contribution in [0.4, 0.5) is 0 Å². The molecular weight excluding hydrogens is 262 g/mol. The summed E-state index contributed by atoms with van der Waals surface area (Å²) in [6, 6.07) is 2.86. The van der Waals surface area contributed by atoms with Gasteiger partial charge in [-0.1, -0.05) is 26.7 Å². The first kappa shape index (κ1) is 16.5. The summed E-state index contributed by atoms with van der Waals surface area (Å²) in [5, 5.41) is 8.31. The molecule has 1 unspecified atom stereocenters. The fourth-order valence-electron chi connectivity index (χ4n) is 3.13. The lowest BCUT2D eigenvalue weighted by atomic mass is 9.91. The van der Waals surface area contributed by atoms with E-state index < -0.39 is 0 Å². The number of nitrogens with one attached hydrogen (secondary N) is 1. The number of hydrogen-bond donors (Lipinski definition) is 1. The summed E-state index contributed by atoms with van der Waals surface area (Å²) in [6.07, 6.45) is 8.56. The Bertz CT molecular complexity index is 396. The Morgan fingerprint density at radius 3 is 2.81 bits per heavy atom. The third-order valence-electron chi connectivity index (χ3n) is 4.67. The van der Waals surface area contributed by atoms with Gasteiger partial charge in [-0.3, -0.25) is 4.68 Å². The second-order valence-corrected chi connectivity index (χ2v) is 6.63. The summed E-state index contributed by atoms with van der Waals surface area (Å²) in [7, 11) is 1.75. The fourth-order valence-corrected chi connectivity index (χ4v) is 3.13. The lowest BCUT2D eigenvalue weighted by Gasteiger charge is -2.20. The Hall–Kier alpha value is -0.870. The maximum Gasteiger partial charge on any atom is 0.0628 e. The van der Waals surface area contributed by atoms with Gasteiger partial charge in [0.15, 0.2) is 0 Å². The largest absolute Gasteiger partial charge is 0.383 e. The zero-order chi connectivity index (χ0) is 15.1. The molecule has 0 bridgehead atoms. The molecule has 0 saturated heterocycles. The highest BCUT2D eigenvalue weighted by atomic mass is 16.5. The molecule has 1 N–H and O–H groups in total. The van der Waals surface area contributed by atoms with E-state index in [0.717, 1.165) is 26.1 Å². The predicted molar refractivity (Wildman–Crippen MR) is 86.5 cm³/mol. The van der Waals surface area contributed by atoms with Gasteiger partial charge in [-0.15, -0.1) is 0 Å². The normalized spacial score (nSPS) is 17.7. The summed E-state index contributed by atoms with van der Waals surface area (Å²) in [6.45, 7) is 7.35. The number of methoxy groups -OCH3 is 1. The van der Waals surface area contributed by atoms with Gasteiger partial charge in [-0.2, -0.15) is 5.10 Å². The predicted octanol–water partition coefficient (Wildman–Crippen LogP) is 3.05. The van der Waals surface area contributed by atoms with Crippen LogP contribution in [-0.2, 0) is 11.2 Å². The lowest BCUT2D eigenvalue weighted by Crippen LogP contribution is -2.30. The monoisotopic (exact) mass is 293 g/mol. The van der Waals surface area contributed by atoms with Gasteiger partial charge < -0.3 is 10.1 Å². The Balaban J connectivity index is 1.84. The van der Waals surface area contributed by atoms with E-state index in [1.54, 1.807) is 7.11 Å². The van der Waals surface area contributed by atoms with Gasteiger partial charge >= 0.3 is 0 Å². The average Bonchev–Trinajstić information content (AvgIpc) is 3.12. The highest BCUT2D eigenvalue weighted by Crippen LogP contribution is 2.29. The van der Waals surface area contributed by atoms with Crippen LogP contribution in [0.2, 0.25) is 0 Å². The van der Waals surface area contributed by atoms with Crippen LogP contribution in [-0.4, -0.2) is 36.6 Å². The fraction of sp³-hybridized carbons (Fsp3) is 0.824. The maximum atomic E-state index is 5.08. The molecule has 0 aliphatic heterocycles. The zero-order valence-corrected chi connectivity index (χ0v) is 13.8. The summed E-state index contributed by atoms with van der Waals surface area (Å²) in [5.74, 6) is 1.30. The van der Waals surface area contributed by atoms with Crippen molar-refractivity contribution >= 4 is 0 Å². The van der Waals surface area contributed by atoms with Crippen LogP contribution < -0.4 is 5.32 Å². The Kier molecular flexibility index (Phi) is 6.71. The van der Waals surface area contributed by atoms with Crippen molar-refractivity contribution < 1.29 is 4.74 Å². The van der Waals surface area contributed by atoms with E-state index in [2.05, 4.69) is 36.1 Å². The molecular formula is C17H31N3O. The van der Waals surface area contributed by atoms with Crippen LogP contribution >= 0.6 is 0 Å².